The highest BCUT2D eigenvalue weighted by Crippen LogP contribution is 2.46. The van der Waals surface area contributed by atoms with Crippen LogP contribution in [0.25, 0.3) is 0 Å². The van der Waals surface area contributed by atoms with Gasteiger partial charge in [0.1, 0.15) is 0 Å². The Hall–Kier alpha value is -1.03. The summed E-state index contributed by atoms with van der Waals surface area (Å²) in [5, 5.41) is 2.48. The molecule has 1 fully saturated rings. The average Bonchev–Trinajstić information content (AvgIpc) is 2.44. The quantitative estimate of drug-likeness (QED) is 0.563. The van der Waals surface area contributed by atoms with Crippen molar-refractivity contribution < 1.29 is 35.9 Å². The number of alkyl halides is 6. The number of nitrogens with one attached hydrogen (secondary N) is 1. The molecule has 4 nitrogen and oxygen atoms in total. The average molecular weight is 364 g/mol. The van der Waals surface area contributed by atoms with Crippen molar-refractivity contribution >= 4 is 5.91 Å². The van der Waals surface area contributed by atoms with Crippen LogP contribution in [0.4, 0.5) is 26.3 Å². The van der Waals surface area contributed by atoms with Crippen molar-refractivity contribution in [2.75, 3.05) is 13.2 Å². The number of hydrogen-bond acceptors (Lipinski definition) is 3. The Morgan fingerprint density at radius 2 is 1.62 bits per heavy atom. The van der Waals surface area contributed by atoms with Crippen LogP contribution in [0.5, 0.6) is 0 Å². The van der Waals surface area contributed by atoms with Gasteiger partial charge in [-0.3, -0.25) is 4.79 Å². The fourth-order valence-corrected chi connectivity index (χ4v) is 2.63. The number of nitrogens with two attached hydrogens (primary N) is 1. The van der Waals surface area contributed by atoms with Gasteiger partial charge < -0.3 is 15.8 Å². The molecular formula is C14H22F6N2O2. The number of hydrogen-bond donors (Lipinski definition) is 2. The Morgan fingerprint density at radius 3 is 2.04 bits per heavy atom. The van der Waals surface area contributed by atoms with Gasteiger partial charge in [-0.2, -0.15) is 26.3 Å². The number of amides is 1. The van der Waals surface area contributed by atoms with Crippen LogP contribution in [-0.4, -0.2) is 43.6 Å². The lowest BCUT2D eigenvalue weighted by atomic mass is 9.79. The molecule has 3 N–H and O–H groups in total. The first-order valence-corrected chi connectivity index (χ1v) is 7.69. The van der Waals surface area contributed by atoms with E-state index < -0.39 is 55.6 Å². The molecule has 142 valence electrons. The fourth-order valence-electron chi connectivity index (χ4n) is 2.63. The predicted octanol–water partition coefficient (Wildman–Crippen LogP) is 2.77. The Labute approximate surface area is 136 Å². The van der Waals surface area contributed by atoms with Gasteiger partial charge in [-0.1, -0.05) is 0 Å². The maximum atomic E-state index is 12.8. The number of rotatable bonds is 6. The van der Waals surface area contributed by atoms with Gasteiger partial charge in [-0.05, 0) is 32.6 Å². The summed E-state index contributed by atoms with van der Waals surface area (Å²) in [4.78, 5) is 11.2. The van der Waals surface area contributed by atoms with Crippen LogP contribution in [0.3, 0.4) is 0 Å². The summed E-state index contributed by atoms with van der Waals surface area (Å²) < 4.78 is 82.0. The molecule has 0 heterocycles. The minimum atomic E-state index is -4.67. The summed E-state index contributed by atoms with van der Waals surface area (Å²) in [6.45, 7) is 1.65. The Morgan fingerprint density at radius 1 is 1.12 bits per heavy atom. The van der Waals surface area contributed by atoms with Gasteiger partial charge in [-0.25, -0.2) is 0 Å². The zero-order chi connectivity index (χ0) is 18.5. The molecule has 1 rings (SSSR count). The van der Waals surface area contributed by atoms with Gasteiger partial charge >= 0.3 is 12.4 Å². The number of halogens is 6. The van der Waals surface area contributed by atoms with Crippen molar-refractivity contribution in [3.63, 3.8) is 0 Å². The Kier molecular flexibility index (Phi) is 7.33. The molecule has 1 saturated carbocycles. The first kappa shape index (κ1) is 21.0. The van der Waals surface area contributed by atoms with Crippen molar-refractivity contribution in [1.82, 2.24) is 5.32 Å². The molecule has 0 radical (unpaired) electrons. The SMILES string of the molecule is C[C@H](N)C(=O)NCCCOC1CC(C(F)(F)F)CC(C(F)(F)F)C1. The first-order valence-electron chi connectivity index (χ1n) is 7.69. The van der Waals surface area contributed by atoms with E-state index in [0.29, 0.717) is 0 Å². The van der Waals surface area contributed by atoms with Crippen molar-refractivity contribution in [3.8, 4) is 0 Å². The van der Waals surface area contributed by atoms with Crippen molar-refractivity contribution in [3.05, 3.63) is 0 Å². The topological polar surface area (TPSA) is 64.4 Å². The summed E-state index contributed by atoms with van der Waals surface area (Å²) in [6, 6.07) is -0.690. The summed E-state index contributed by atoms with van der Waals surface area (Å²) in [5.74, 6) is -4.41. The monoisotopic (exact) mass is 364 g/mol. The standard InChI is InChI=1S/C14H22F6N2O2/c1-8(21)12(23)22-3-2-4-24-11-6-9(13(15,16)17)5-10(7-11)14(18,19)20/h8-11H,2-7,21H2,1H3,(H,22,23)/t8-,9?,10?,11?/m0/s1. The highest BCUT2D eigenvalue weighted by molar-refractivity contribution is 5.80. The molecule has 0 aromatic carbocycles. The normalized spacial score (nSPS) is 26.9. The molecule has 2 unspecified atom stereocenters. The van der Waals surface area contributed by atoms with Crippen LogP contribution in [0.1, 0.15) is 32.6 Å². The lowest BCUT2D eigenvalue weighted by molar-refractivity contribution is -0.236. The van der Waals surface area contributed by atoms with E-state index in [0.717, 1.165) is 0 Å². The third kappa shape index (κ3) is 6.84. The number of carbonyl (C=O) groups is 1. The molecule has 1 aliphatic rings. The van der Waals surface area contributed by atoms with E-state index in [4.69, 9.17) is 10.5 Å². The Bertz CT molecular complexity index is 389. The van der Waals surface area contributed by atoms with Crippen molar-refractivity contribution in [2.24, 2.45) is 17.6 Å². The van der Waals surface area contributed by atoms with Crippen molar-refractivity contribution in [1.29, 1.82) is 0 Å². The maximum absolute atomic E-state index is 12.8. The largest absolute Gasteiger partial charge is 0.391 e. The predicted molar refractivity (Wildman–Crippen MR) is 74.0 cm³/mol. The van der Waals surface area contributed by atoms with Gasteiger partial charge in [0.15, 0.2) is 0 Å². The molecule has 0 aromatic heterocycles. The molecule has 10 heteroatoms. The molecule has 24 heavy (non-hydrogen) atoms. The van der Waals surface area contributed by atoms with Gasteiger partial charge in [0.05, 0.1) is 24.0 Å². The third-order valence-electron chi connectivity index (χ3n) is 3.98. The van der Waals surface area contributed by atoms with Gasteiger partial charge in [-0.15, -0.1) is 0 Å². The van der Waals surface area contributed by atoms with Crippen LogP contribution < -0.4 is 11.1 Å². The second-order valence-electron chi connectivity index (χ2n) is 6.11. The summed E-state index contributed by atoms with van der Waals surface area (Å²) in [7, 11) is 0. The number of ether oxygens (including phenoxy) is 1. The van der Waals surface area contributed by atoms with E-state index in [2.05, 4.69) is 5.32 Å². The second kappa shape index (κ2) is 8.37. The zero-order valence-electron chi connectivity index (χ0n) is 13.2. The number of carbonyl (C=O) groups excluding carboxylic acids is 1. The van der Waals surface area contributed by atoms with Gasteiger partial charge in [0.25, 0.3) is 0 Å². The van der Waals surface area contributed by atoms with Crippen molar-refractivity contribution in [2.45, 2.75) is 57.1 Å². The van der Waals surface area contributed by atoms with Gasteiger partial charge in [0.2, 0.25) is 5.91 Å². The second-order valence-corrected chi connectivity index (χ2v) is 6.11. The molecule has 1 aliphatic carbocycles. The first-order chi connectivity index (χ1) is 10.9. The minimum absolute atomic E-state index is 0.0287. The molecular weight excluding hydrogens is 342 g/mol. The highest BCUT2D eigenvalue weighted by atomic mass is 19.4. The fraction of sp³-hybridized carbons (Fsp3) is 0.929. The summed E-state index contributed by atoms with van der Waals surface area (Å²) in [6.07, 6.45) is -12.0. The highest BCUT2D eigenvalue weighted by Gasteiger charge is 2.52. The van der Waals surface area contributed by atoms with Crippen LogP contribution >= 0.6 is 0 Å². The molecule has 0 aliphatic heterocycles. The van der Waals surface area contributed by atoms with E-state index in [1.807, 2.05) is 0 Å². The lowest BCUT2D eigenvalue weighted by Gasteiger charge is -2.36. The summed E-state index contributed by atoms with van der Waals surface area (Å²) >= 11 is 0. The lowest BCUT2D eigenvalue weighted by Crippen LogP contribution is -2.41. The van der Waals surface area contributed by atoms with Crippen LogP contribution in [0.15, 0.2) is 0 Å². The minimum Gasteiger partial charge on any atom is -0.378 e. The van der Waals surface area contributed by atoms with E-state index in [9.17, 15) is 31.1 Å². The smallest absolute Gasteiger partial charge is 0.378 e. The van der Waals surface area contributed by atoms with Crippen LogP contribution in [0.2, 0.25) is 0 Å². The Balaban J connectivity index is 2.46. The molecule has 0 bridgehead atoms. The molecule has 3 atom stereocenters. The third-order valence-corrected chi connectivity index (χ3v) is 3.98. The van der Waals surface area contributed by atoms with Crippen LogP contribution in [-0.2, 0) is 9.53 Å². The summed E-state index contributed by atoms with van der Waals surface area (Å²) in [5.41, 5.74) is 5.32. The molecule has 0 aromatic rings. The molecule has 0 spiro atoms. The molecule has 1 amide bonds. The van der Waals surface area contributed by atoms with E-state index in [1.54, 1.807) is 0 Å². The zero-order valence-corrected chi connectivity index (χ0v) is 13.2. The van der Waals surface area contributed by atoms with E-state index >= 15 is 0 Å². The van der Waals surface area contributed by atoms with E-state index in [1.165, 1.54) is 6.92 Å². The van der Waals surface area contributed by atoms with Crippen LogP contribution in [0, 0.1) is 11.8 Å². The van der Waals surface area contributed by atoms with E-state index in [-0.39, 0.29) is 25.5 Å². The van der Waals surface area contributed by atoms with Gasteiger partial charge in [0, 0.05) is 13.2 Å². The maximum Gasteiger partial charge on any atom is 0.391 e. The molecule has 0 saturated heterocycles.